The summed E-state index contributed by atoms with van der Waals surface area (Å²) in [6.07, 6.45) is 2.04. The fraction of sp³-hybridized carbons (Fsp3) is 0.727. The van der Waals surface area contributed by atoms with Crippen molar-refractivity contribution in [1.29, 1.82) is 0 Å². The van der Waals surface area contributed by atoms with Gasteiger partial charge < -0.3 is 10.1 Å². The van der Waals surface area contributed by atoms with Crippen LogP contribution in [0.4, 0.5) is 5.82 Å². The van der Waals surface area contributed by atoms with Crippen molar-refractivity contribution in [2.75, 3.05) is 25.1 Å². The molecule has 0 saturated carbocycles. The summed E-state index contributed by atoms with van der Waals surface area (Å²) >= 11 is 0. The topological polar surface area (TPSA) is 39.1 Å². The molecule has 1 aliphatic heterocycles. The molecular formula is C11H19N3O. The molecule has 1 aromatic heterocycles. The van der Waals surface area contributed by atoms with Gasteiger partial charge >= 0.3 is 0 Å². The van der Waals surface area contributed by atoms with Crippen molar-refractivity contribution < 1.29 is 4.74 Å². The van der Waals surface area contributed by atoms with Crippen molar-refractivity contribution in [3.63, 3.8) is 0 Å². The van der Waals surface area contributed by atoms with E-state index in [1.165, 1.54) is 17.1 Å². The van der Waals surface area contributed by atoms with E-state index in [2.05, 4.69) is 22.0 Å². The van der Waals surface area contributed by atoms with Gasteiger partial charge in [0.05, 0.1) is 12.3 Å². The largest absolute Gasteiger partial charge is 0.381 e. The van der Waals surface area contributed by atoms with Crippen LogP contribution in [-0.4, -0.2) is 29.5 Å². The zero-order valence-corrected chi connectivity index (χ0v) is 9.55. The molecule has 0 saturated heterocycles. The van der Waals surface area contributed by atoms with Gasteiger partial charge in [0.1, 0.15) is 5.82 Å². The number of nitrogens with one attached hydrogen (secondary N) is 1. The number of ether oxygens (including phenoxy) is 1. The molecule has 2 heterocycles. The second kappa shape index (κ2) is 4.66. The van der Waals surface area contributed by atoms with Gasteiger partial charge in [-0.3, -0.25) is 0 Å². The summed E-state index contributed by atoms with van der Waals surface area (Å²) in [5, 5.41) is 7.99. The van der Waals surface area contributed by atoms with E-state index in [-0.39, 0.29) is 0 Å². The fourth-order valence-electron chi connectivity index (χ4n) is 2.06. The third-order valence-electron chi connectivity index (χ3n) is 2.79. The molecule has 1 N–H and O–H groups in total. The van der Waals surface area contributed by atoms with Crippen LogP contribution in [0.15, 0.2) is 0 Å². The van der Waals surface area contributed by atoms with Crippen molar-refractivity contribution in [3.8, 4) is 0 Å². The van der Waals surface area contributed by atoms with Gasteiger partial charge in [0.15, 0.2) is 0 Å². The summed E-state index contributed by atoms with van der Waals surface area (Å²) in [5.74, 6) is 1.23. The predicted molar refractivity (Wildman–Crippen MR) is 60.3 cm³/mol. The predicted octanol–water partition coefficient (Wildman–Crippen LogP) is 1.45. The van der Waals surface area contributed by atoms with Gasteiger partial charge in [0.2, 0.25) is 0 Å². The van der Waals surface area contributed by atoms with E-state index in [0.29, 0.717) is 0 Å². The Hall–Kier alpha value is -1.03. The van der Waals surface area contributed by atoms with E-state index in [0.717, 1.165) is 39.1 Å². The minimum atomic E-state index is 0.781. The number of fused-ring (bicyclic) bond motifs is 1. The number of nitrogens with zero attached hydrogens (tertiary/aromatic N) is 2. The zero-order chi connectivity index (χ0) is 10.7. The third kappa shape index (κ3) is 2.00. The molecule has 15 heavy (non-hydrogen) atoms. The normalized spacial score (nSPS) is 14.0. The molecule has 1 aliphatic rings. The highest BCUT2D eigenvalue weighted by atomic mass is 16.5. The lowest BCUT2D eigenvalue weighted by Gasteiger charge is -2.01. The monoisotopic (exact) mass is 209 g/mol. The van der Waals surface area contributed by atoms with Crippen LogP contribution in [0, 0.1) is 0 Å². The van der Waals surface area contributed by atoms with Crippen molar-refractivity contribution >= 4 is 5.82 Å². The molecule has 84 valence electrons. The first-order chi connectivity index (χ1) is 7.36. The lowest BCUT2D eigenvalue weighted by atomic mass is 10.1. The molecule has 0 atom stereocenters. The first-order valence-electron chi connectivity index (χ1n) is 5.77. The number of hydrogen-bond acceptors (Lipinski definition) is 3. The molecule has 0 spiro atoms. The highest BCUT2D eigenvalue weighted by Gasteiger charge is 2.20. The third-order valence-corrected chi connectivity index (χ3v) is 2.79. The Labute approximate surface area is 90.6 Å². The van der Waals surface area contributed by atoms with Crippen molar-refractivity contribution in [1.82, 2.24) is 9.78 Å². The van der Waals surface area contributed by atoms with Crippen LogP contribution in [0.25, 0.3) is 0 Å². The van der Waals surface area contributed by atoms with E-state index in [1.807, 2.05) is 6.92 Å². The maximum absolute atomic E-state index is 5.37. The fourth-order valence-corrected chi connectivity index (χ4v) is 2.06. The van der Waals surface area contributed by atoms with Crippen LogP contribution in [0.5, 0.6) is 0 Å². The molecule has 1 aromatic rings. The van der Waals surface area contributed by atoms with Gasteiger partial charge in [0.25, 0.3) is 0 Å². The van der Waals surface area contributed by atoms with Crippen LogP contribution < -0.4 is 5.32 Å². The Bertz CT molecular complexity index is 333. The van der Waals surface area contributed by atoms with E-state index >= 15 is 0 Å². The van der Waals surface area contributed by atoms with Gasteiger partial charge in [-0.2, -0.15) is 5.10 Å². The summed E-state index contributed by atoms with van der Waals surface area (Å²) in [4.78, 5) is 0. The van der Waals surface area contributed by atoms with Crippen LogP contribution in [0.3, 0.4) is 0 Å². The molecule has 2 rings (SSSR count). The average Bonchev–Trinajstić information content (AvgIpc) is 2.81. The first-order valence-corrected chi connectivity index (χ1v) is 5.77. The van der Waals surface area contributed by atoms with Crippen molar-refractivity contribution in [2.45, 2.75) is 33.2 Å². The standard InChI is InChI=1S/C11H19N3O/c1-3-14-11-9(5-7-12-11)10(13-14)6-8-15-4-2/h12H,3-8H2,1-2H3. The summed E-state index contributed by atoms with van der Waals surface area (Å²) in [5.41, 5.74) is 2.61. The maximum Gasteiger partial charge on any atom is 0.127 e. The quantitative estimate of drug-likeness (QED) is 0.746. The average molecular weight is 209 g/mol. The van der Waals surface area contributed by atoms with Gasteiger partial charge in [0, 0.05) is 31.7 Å². The number of anilines is 1. The summed E-state index contributed by atoms with van der Waals surface area (Å²) in [6.45, 7) is 7.70. The van der Waals surface area contributed by atoms with Gasteiger partial charge in [-0.1, -0.05) is 0 Å². The maximum atomic E-state index is 5.37. The molecule has 0 radical (unpaired) electrons. The van der Waals surface area contributed by atoms with E-state index in [4.69, 9.17) is 4.74 Å². The minimum Gasteiger partial charge on any atom is -0.381 e. The van der Waals surface area contributed by atoms with Crippen LogP contribution >= 0.6 is 0 Å². The number of aromatic nitrogens is 2. The molecule has 0 amide bonds. The number of aryl methyl sites for hydroxylation is 1. The molecule has 0 aromatic carbocycles. The summed E-state index contributed by atoms with van der Waals surface area (Å²) in [7, 11) is 0. The van der Waals surface area contributed by atoms with Gasteiger partial charge in [-0.25, -0.2) is 4.68 Å². The van der Waals surface area contributed by atoms with Crippen LogP contribution in [0.2, 0.25) is 0 Å². The zero-order valence-electron chi connectivity index (χ0n) is 9.55. The molecule has 0 unspecified atom stereocenters. The van der Waals surface area contributed by atoms with E-state index in [9.17, 15) is 0 Å². The molecular weight excluding hydrogens is 190 g/mol. The first kappa shape index (κ1) is 10.5. The highest BCUT2D eigenvalue weighted by molar-refractivity contribution is 5.52. The Balaban J connectivity index is 2.10. The Kier molecular flexibility index (Phi) is 3.26. The molecule has 0 fully saturated rings. The molecule has 4 heteroatoms. The Morgan fingerprint density at radius 2 is 2.33 bits per heavy atom. The lowest BCUT2D eigenvalue weighted by Crippen LogP contribution is -2.06. The number of hydrogen-bond donors (Lipinski definition) is 1. The summed E-state index contributed by atoms with van der Waals surface area (Å²) < 4.78 is 7.43. The number of rotatable bonds is 5. The summed E-state index contributed by atoms with van der Waals surface area (Å²) in [6, 6.07) is 0. The second-order valence-corrected chi connectivity index (χ2v) is 3.71. The Morgan fingerprint density at radius 1 is 1.47 bits per heavy atom. The SMILES string of the molecule is CCOCCc1nn(CC)c2c1CCN2. The smallest absolute Gasteiger partial charge is 0.127 e. The Morgan fingerprint density at radius 3 is 3.07 bits per heavy atom. The lowest BCUT2D eigenvalue weighted by molar-refractivity contribution is 0.150. The highest BCUT2D eigenvalue weighted by Crippen LogP contribution is 2.25. The van der Waals surface area contributed by atoms with E-state index in [1.54, 1.807) is 0 Å². The van der Waals surface area contributed by atoms with Crippen LogP contribution in [-0.2, 0) is 24.1 Å². The molecule has 0 bridgehead atoms. The van der Waals surface area contributed by atoms with Crippen molar-refractivity contribution in [2.24, 2.45) is 0 Å². The molecule has 4 nitrogen and oxygen atoms in total. The van der Waals surface area contributed by atoms with Gasteiger partial charge in [-0.05, 0) is 20.3 Å². The van der Waals surface area contributed by atoms with Gasteiger partial charge in [-0.15, -0.1) is 0 Å². The second-order valence-electron chi connectivity index (χ2n) is 3.71. The van der Waals surface area contributed by atoms with Crippen LogP contribution in [0.1, 0.15) is 25.1 Å². The van der Waals surface area contributed by atoms with Crippen molar-refractivity contribution in [3.05, 3.63) is 11.3 Å². The molecule has 0 aliphatic carbocycles. The van der Waals surface area contributed by atoms with E-state index < -0.39 is 0 Å². The minimum absolute atomic E-state index is 0.781.